The molecule has 0 unspecified atom stereocenters. The number of pyridine rings is 1. The normalized spacial score (nSPS) is 10.6. The van der Waals surface area contributed by atoms with E-state index in [1.807, 2.05) is 0 Å². The number of aromatic nitrogens is 1. The molecule has 1 rings (SSSR count). The van der Waals surface area contributed by atoms with Gasteiger partial charge in [-0.15, -0.1) is 0 Å². The third-order valence-electron chi connectivity index (χ3n) is 2.43. The van der Waals surface area contributed by atoms with Gasteiger partial charge in [-0.3, -0.25) is 4.79 Å². The molecular weight excluding hydrogens is 258 g/mol. The first-order chi connectivity index (χ1) is 9.03. The molecule has 0 fully saturated rings. The summed E-state index contributed by atoms with van der Waals surface area (Å²) >= 11 is 0. The summed E-state index contributed by atoms with van der Waals surface area (Å²) in [5.74, 6) is -0.306. The van der Waals surface area contributed by atoms with Crippen LogP contribution in [-0.4, -0.2) is 24.7 Å². The highest BCUT2D eigenvalue weighted by Gasteiger charge is 2.21. The van der Waals surface area contributed by atoms with Gasteiger partial charge < -0.3 is 15.2 Å². The number of carbonyl (C=O) groups excluding carboxylic acids is 1. The SMILES string of the molecule is CCOC(=O)Cc1cc(OC)c(CN)nc1C(F)F. The van der Waals surface area contributed by atoms with Crippen molar-refractivity contribution in [3.63, 3.8) is 0 Å². The first-order valence-corrected chi connectivity index (χ1v) is 5.73. The van der Waals surface area contributed by atoms with Gasteiger partial charge in [0.05, 0.1) is 25.8 Å². The summed E-state index contributed by atoms with van der Waals surface area (Å²) in [7, 11) is 1.38. The minimum atomic E-state index is -2.79. The number of methoxy groups -OCH3 is 1. The third-order valence-corrected chi connectivity index (χ3v) is 2.43. The van der Waals surface area contributed by atoms with Crippen LogP contribution < -0.4 is 10.5 Å². The highest BCUT2D eigenvalue weighted by atomic mass is 19.3. The van der Waals surface area contributed by atoms with Gasteiger partial charge in [0.15, 0.2) is 0 Å². The van der Waals surface area contributed by atoms with Gasteiger partial charge in [0.1, 0.15) is 11.4 Å². The number of rotatable bonds is 6. The summed E-state index contributed by atoms with van der Waals surface area (Å²) in [6.07, 6.45) is -3.07. The fourth-order valence-electron chi connectivity index (χ4n) is 1.61. The van der Waals surface area contributed by atoms with Crippen molar-refractivity contribution in [1.82, 2.24) is 4.98 Å². The van der Waals surface area contributed by atoms with Crippen LogP contribution in [0.25, 0.3) is 0 Å². The van der Waals surface area contributed by atoms with Crippen molar-refractivity contribution >= 4 is 5.97 Å². The van der Waals surface area contributed by atoms with E-state index in [9.17, 15) is 13.6 Å². The second-order valence-corrected chi connectivity index (χ2v) is 3.67. The van der Waals surface area contributed by atoms with Crippen LogP contribution >= 0.6 is 0 Å². The van der Waals surface area contributed by atoms with Crippen molar-refractivity contribution < 1.29 is 23.0 Å². The first-order valence-electron chi connectivity index (χ1n) is 5.73. The topological polar surface area (TPSA) is 74.4 Å². The Kier molecular flexibility index (Phi) is 5.62. The summed E-state index contributed by atoms with van der Waals surface area (Å²) in [6, 6.07) is 1.35. The first kappa shape index (κ1) is 15.3. The Morgan fingerprint density at radius 1 is 1.53 bits per heavy atom. The molecule has 5 nitrogen and oxygen atoms in total. The maximum Gasteiger partial charge on any atom is 0.310 e. The van der Waals surface area contributed by atoms with Crippen molar-refractivity contribution in [3.05, 3.63) is 23.0 Å². The summed E-state index contributed by atoms with van der Waals surface area (Å²) in [6.45, 7) is 1.80. The maximum absolute atomic E-state index is 12.9. The summed E-state index contributed by atoms with van der Waals surface area (Å²) in [5, 5.41) is 0. The zero-order valence-corrected chi connectivity index (χ0v) is 10.8. The lowest BCUT2D eigenvalue weighted by atomic mass is 10.1. The van der Waals surface area contributed by atoms with Crippen LogP contribution in [0.5, 0.6) is 5.75 Å². The average Bonchev–Trinajstić information content (AvgIpc) is 2.38. The molecule has 0 saturated heterocycles. The molecule has 19 heavy (non-hydrogen) atoms. The molecule has 0 radical (unpaired) electrons. The van der Waals surface area contributed by atoms with E-state index in [0.29, 0.717) is 0 Å². The predicted octanol–water partition coefficient (Wildman–Crippen LogP) is 1.59. The van der Waals surface area contributed by atoms with Crippen LogP contribution in [0.3, 0.4) is 0 Å². The highest BCUT2D eigenvalue weighted by Crippen LogP contribution is 2.27. The van der Waals surface area contributed by atoms with Crippen LogP contribution in [0.15, 0.2) is 6.07 Å². The smallest absolute Gasteiger partial charge is 0.310 e. The van der Waals surface area contributed by atoms with Crippen molar-refractivity contribution in [3.8, 4) is 5.75 Å². The Bertz CT molecular complexity index is 453. The largest absolute Gasteiger partial charge is 0.495 e. The molecule has 2 N–H and O–H groups in total. The van der Waals surface area contributed by atoms with Crippen LogP contribution in [0, 0.1) is 0 Å². The second-order valence-electron chi connectivity index (χ2n) is 3.67. The minimum Gasteiger partial charge on any atom is -0.495 e. The van der Waals surface area contributed by atoms with E-state index in [-0.39, 0.29) is 36.6 Å². The third kappa shape index (κ3) is 3.85. The van der Waals surface area contributed by atoms with Crippen LogP contribution in [0.4, 0.5) is 8.78 Å². The summed E-state index contributed by atoms with van der Waals surface area (Å²) in [5.41, 5.74) is 5.26. The number of hydrogen-bond donors (Lipinski definition) is 1. The van der Waals surface area contributed by atoms with E-state index in [2.05, 4.69) is 4.98 Å². The fraction of sp³-hybridized carbons (Fsp3) is 0.500. The molecule has 0 atom stereocenters. The second kappa shape index (κ2) is 6.98. The Morgan fingerprint density at radius 2 is 2.21 bits per heavy atom. The van der Waals surface area contributed by atoms with Gasteiger partial charge in [-0.2, -0.15) is 0 Å². The van der Waals surface area contributed by atoms with Gasteiger partial charge in [0.2, 0.25) is 0 Å². The molecule has 7 heteroatoms. The monoisotopic (exact) mass is 274 g/mol. The average molecular weight is 274 g/mol. The minimum absolute atomic E-state index is 0.0252. The number of nitrogens with two attached hydrogens (primary N) is 1. The molecule has 0 spiro atoms. The maximum atomic E-state index is 12.9. The molecule has 1 aromatic rings. The van der Waals surface area contributed by atoms with Crippen molar-refractivity contribution in [1.29, 1.82) is 0 Å². The van der Waals surface area contributed by atoms with E-state index in [0.717, 1.165) is 0 Å². The fourth-order valence-corrected chi connectivity index (χ4v) is 1.61. The number of nitrogens with zero attached hydrogens (tertiary/aromatic N) is 1. The predicted molar refractivity (Wildman–Crippen MR) is 64.0 cm³/mol. The lowest BCUT2D eigenvalue weighted by Gasteiger charge is -2.13. The Hall–Kier alpha value is -1.76. The molecule has 0 bridgehead atoms. The molecule has 0 aliphatic carbocycles. The molecule has 1 heterocycles. The number of esters is 1. The van der Waals surface area contributed by atoms with Gasteiger partial charge in [0.25, 0.3) is 6.43 Å². The number of halogens is 2. The Labute approximate surface area is 109 Å². The van der Waals surface area contributed by atoms with Gasteiger partial charge in [-0.05, 0) is 18.6 Å². The molecular formula is C12H16F2N2O3. The van der Waals surface area contributed by atoms with E-state index in [4.69, 9.17) is 15.2 Å². The number of alkyl halides is 2. The Morgan fingerprint density at radius 3 is 2.68 bits per heavy atom. The van der Waals surface area contributed by atoms with Crippen molar-refractivity contribution in [2.45, 2.75) is 26.3 Å². The van der Waals surface area contributed by atoms with Crippen LogP contribution in [0.1, 0.15) is 30.3 Å². The van der Waals surface area contributed by atoms with Crippen LogP contribution in [0.2, 0.25) is 0 Å². The summed E-state index contributed by atoms with van der Waals surface area (Å²) < 4.78 is 35.6. The summed E-state index contributed by atoms with van der Waals surface area (Å²) in [4.78, 5) is 15.1. The molecule has 0 amide bonds. The quantitative estimate of drug-likeness (QED) is 0.797. The molecule has 0 saturated carbocycles. The lowest BCUT2D eigenvalue weighted by molar-refractivity contribution is -0.142. The molecule has 0 aromatic carbocycles. The van der Waals surface area contributed by atoms with Crippen LogP contribution in [-0.2, 0) is 22.5 Å². The highest BCUT2D eigenvalue weighted by molar-refractivity contribution is 5.73. The number of hydrogen-bond acceptors (Lipinski definition) is 5. The van der Waals surface area contributed by atoms with Gasteiger partial charge in [-0.25, -0.2) is 13.8 Å². The van der Waals surface area contributed by atoms with Gasteiger partial charge in [-0.1, -0.05) is 0 Å². The molecule has 106 valence electrons. The van der Waals surface area contributed by atoms with Gasteiger partial charge in [0, 0.05) is 6.54 Å². The number of ether oxygens (including phenoxy) is 2. The van der Waals surface area contributed by atoms with Crippen molar-refractivity contribution in [2.75, 3.05) is 13.7 Å². The van der Waals surface area contributed by atoms with E-state index < -0.39 is 18.1 Å². The standard InChI is InChI=1S/C12H16F2N2O3/c1-3-19-10(17)5-7-4-9(18-2)8(6-15)16-11(7)12(13)14/h4,12H,3,5-6,15H2,1-2H3. The van der Waals surface area contributed by atoms with Crippen molar-refractivity contribution in [2.24, 2.45) is 5.73 Å². The number of carbonyl (C=O) groups is 1. The zero-order valence-electron chi connectivity index (χ0n) is 10.8. The molecule has 0 aliphatic rings. The van der Waals surface area contributed by atoms with E-state index in [1.54, 1.807) is 6.92 Å². The van der Waals surface area contributed by atoms with Gasteiger partial charge >= 0.3 is 5.97 Å². The Balaban J connectivity index is 3.16. The molecule has 0 aliphatic heterocycles. The van der Waals surface area contributed by atoms with E-state index >= 15 is 0 Å². The molecule has 1 aromatic heterocycles. The zero-order chi connectivity index (χ0) is 14.4. The lowest BCUT2D eigenvalue weighted by Crippen LogP contribution is -2.13. The van der Waals surface area contributed by atoms with E-state index in [1.165, 1.54) is 13.2 Å².